The van der Waals surface area contributed by atoms with Crippen LogP contribution in [0.4, 0.5) is 4.39 Å². The molecule has 0 saturated heterocycles. The Kier molecular flexibility index (Phi) is 9.82. The van der Waals surface area contributed by atoms with Crippen LogP contribution in [-0.2, 0) is 22.2 Å². The van der Waals surface area contributed by atoms with Crippen LogP contribution in [0.5, 0.6) is 0 Å². The molecule has 0 amide bonds. The molecule has 3 rings (SSSR count). The van der Waals surface area contributed by atoms with Gasteiger partial charge in [-0.2, -0.15) is 0 Å². The van der Waals surface area contributed by atoms with Crippen molar-refractivity contribution in [3.05, 3.63) is 112 Å². The summed E-state index contributed by atoms with van der Waals surface area (Å²) in [6.45, 7) is 11.9. The van der Waals surface area contributed by atoms with Crippen molar-refractivity contribution in [3.63, 3.8) is 0 Å². The zero-order valence-corrected chi connectivity index (χ0v) is 19.9. The Labute approximate surface area is 193 Å². The van der Waals surface area contributed by atoms with E-state index in [2.05, 4.69) is 12.7 Å². The molecule has 1 N–H and O–H groups in total. The number of halogens is 1. The van der Waals surface area contributed by atoms with Gasteiger partial charge in [0.25, 0.3) is 0 Å². The Morgan fingerprint density at radius 3 is 2.69 bits per heavy atom. The SMILES string of the molecule is C=CC1=C(/C=C\C)Cc2ccc(F)cc2C2=C1C[C@H](C)O2.C\C=C/C(C)=C\C=C\S(=O)O. The van der Waals surface area contributed by atoms with E-state index in [1.165, 1.54) is 17.0 Å². The molecule has 0 bridgehead atoms. The Morgan fingerprint density at radius 1 is 1.31 bits per heavy atom. The van der Waals surface area contributed by atoms with Gasteiger partial charge in [0.1, 0.15) is 17.7 Å². The van der Waals surface area contributed by atoms with Crippen molar-refractivity contribution >= 4 is 16.8 Å². The predicted octanol–water partition coefficient (Wildman–Crippen LogP) is 7.20. The van der Waals surface area contributed by atoms with E-state index >= 15 is 0 Å². The van der Waals surface area contributed by atoms with Crippen LogP contribution in [0, 0.1) is 5.82 Å². The summed E-state index contributed by atoms with van der Waals surface area (Å²) in [5.74, 6) is 0.602. The van der Waals surface area contributed by atoms with Gasteiger partial charge in [-0.15, -0.1) is 0 Å². The zero-order chi connectivity index (χ0) is 23.7. The lowest BCUT2D eigenvalue weighted by Crippen LogP contribution is -2.02. The molecule has 1 aromatic rings. The van der Waals surface area contributed by atoms with Gasteiger partial charge in [0.2, 0.25) is 0 Å². The first-order valence-corrected chi connectivity index (χ1v) is 11.7. The van der Waals surface area contributed by atoms with Crippen LogP contribution >= 0.6 is 0 Å². The zero-order valence-electron chi connectivity index (χ0n) is 19.1. The monoisotopic (exact) mass is 454 g/mol. The molecule has 0 radical (unpaired) electrons. The van der Waals surface area contributed by atoms with Crippen LogP contribution in [-0.4, -0.2) is 14.9 Å². The molecule has 1 unspecified atom stereocenters. The van der Waals surface area contributed by atoms with E-state index in [0.29, 0.717) is 0 Å². The Balaban J connectivity index is 0.000000282. The number of ether oxygens (including phenoxy) is 1. The van der Waals surface area contributed by atoms with Crippen molar-refractivity contribution in [3.8, 4) is 0 Å². The van der Waals surface area contributed by atoms with Gasteiger partial charge in [-0.05, 0) is 63.0 Å². The van der Waals surface area contributed by atoms with E-state index in [9.17, 15) is 8.60 Å². The standard InChI is InChI=1S/C19H19FO.C8H12O2S/c1-4-6-13-10-14-7-8-15(20)11-17(14)19-18(16(13)5-2)9-12(3)21-19;1-3-5-8(2)6-4-7-11(9)10/h4-8,11-12H,2,9-10H2,1,3H3;3-7H,1-2H3,(H,9,10)/b6-4-;5-3-,7-4+,8-6-/t12-;/m0./s1. The van der Waals surface area contributed by atoms with Crippen LogP contribution in [0.3, 0.4) is 0 Å². The molecular weight excluding hydrogens is 423 g/mol. The molecular formula is C27H31FO3S. The molecule has 1 heterocycles. The molecule has 0 saturated carbocycles. The first kappa shape index (κ1) is 25.5. The number of benzene rings is 1. The number of fused-ring (bicyclic) bond motifs is 2. The highest BCUT2D eigenvalue weighted by Crippen LogP contribution is 2.42. The van der Waals surface area contributed by atoms with Crippen LogP contribution < -0.4 is 0 Å². The Hall–Kier alpha value is -2.76. The lowest BCUT2D eigenvalue weighted by atomic mass is 9.95. The molecule has 1 aliphatic carbocycles. The summed E-state index contributed by atoms with van der Waals surface area (Å²) >= 11 is -1.84. The van der Waals surface area contributed by atoms with Crippen molar-refractivity contribution in [1.29, 1.82) is 0 Å². The summed E-state index contributed by atoms with van der Waals surface area (Å²) in [6.07, 6.45) is 14.9. The second-order valence-electron chi connectivity index (χ2n) is 7.58. The maximum Gasteiger partial charge on any atom is 0.178 e. The van der Waals surface area contributed by atoms with Gasteiger partial charge in [-0.25, -0.2) is 8.60 Å². The van der Waals surface area contributed by atoms with E-state index in [0.717, 1.165) is 46.4 Å². The highest BCUT2D eigenvalue weighted by atomic mass is 32.2. The summed E-state index contributed by atoms with van der Waals surface area (Å²) < 4.78 is 38.1. The lowest BCUT2D eigenvalue weighted by Gasteiger charge is -2.12. The summed E-state index contributed by atoms with van der Waals surface area (Å²) in [5, 5.41) is 1.22. The molecule has 3 nitrogen and oxygen atoms in total. The molecule has 170 valence electrons. The second-order valence-corrected chi connectivity index (χ2v) is 8.40. The minimum Gasteiger partial charge on any atom is -0.489 e. The van der Waals surface area contributed by atoms with Gasteiger partial charge in [0, 0.05) is 23.0 Å². The first-order chi connectivity index (χ1) is 15.3. The van der Waals surface area contributed by atoms with E-state index in [-0.39, 0.29) is 11.9 Å². The number of hydrogen-bond donors (Lipinski definition) is 1. The van der Waals surface area contributed by atoms with Crippen molar-refractivity contribution in [1.82, 2.24) is 0 Å². The van der Waals surface area contributed by atoms with Gasteiger partial charge in [0.05, 0.1) is 0 Å². The molecule has 5 heteroatoms. The van der Waals surface area contributed by atoms with E-state index < -0.39 is 11.1 Å². The van der Waals surface area contributed by atoms with Crippen LogP contribution in [0.2, 0.25) is 0 Å². The molecule has 32 heavy (non-hydrogen) atoms. The second kappa shape index (κ2) is 12.3. The molecule has 2 aliphatic rings. The normalized spacial score (nSPS) is 19.6. The third-order valence-electron chi connectivity index (χ3n) is 5.01. The molecule has 2 atom stereocenters. The van der Waals surface area contributed by atoms with Crippen molar-refractivity contribution < 1.29 is 17.9 Å². The summed E-state index contributed by atoms with van der Waals surface area (Å²) in [7, 11) is 0. The predicted molar refractivity (Wildman–Crippen MR) is 133 cm³/mol. The first-order valence-electron chi connectivity index (χ1n) is 10.5. The smallest absolute Gasteiger partial charge is 0.178 e. The van der Waals surface area contributed by atoms with Crippen LogP contribution in [0.1, 0.15) is 45.2 Å². The largest absolute Gasteiger partial charge is 0.489 e. The fraction of sp³-hybridized carbons (Fsp3) is 0.259. The number of allylic oxidation sites excluding steroid dienone is 10. The molecule has 0 fully saturated rings. The third kappa shape index (κ3) is 6.87. The summed E-state index contributed by atoms with van der Waals surface area (Å²) in [4.78, 5) is 0. The van der Waals surface area contributed by atoms with Crippen molar-refractivity contribution in [2.45, 2.75) is 46.6 Å². The minimum atomic E-state index is -1.84. The topological polar surface area (TPSA) is 46.5 Å². The van der Waals surface area contributed by atoms with Gasteiger partial charge < -0.3 is 9.29 Å². The van der Waals surface area contributed by atoms with E-state index in [1.807, 2.05) is 58.1 Å². The fourth-order valence-electron chi connectivity index (χ4n) is 3.74. The summed E-state index contributed by atoms with van der Waals surface area (Å²) in [5.41, 5.74) is 6.52. The highest BCUT2D eigenvalue weighted by Gasteiger charge is 2.30. The maximum atomic E-state index is 13.7. The lowest BCUT2D eigenvalue weighted by molar-refractivity contribution is 0.210. The third-order valence-corrected chi connectivity index (χ3v) is 5.40. The Morgan fingerprint density at radius 2 is 2.06 bits per heavy atom. The van der Waals surface area contributed by atoms with Gasteiger partial charge >= 0.3 is 0 Å². The molecule has 1 aromatic carbocycles. The molecule has 1 aliphatic heterocycles. The minimum absolute atomic E-state index is 0.117. The van der Waals surface area contributed by atoms with Gasteiger partial charge in [0.15, 0.2) is 11.1 Å². The summed E-state index contributed by atoms with van der Waals surface area (Å²) in [6, 6.07) is 4.96. The number of hydrogen-bond acceptors (Lipinski definition) is 2. The van der Waals surface area contributed by atoms with Gasteiger partial charge in [-0.3, -0.25) is 0 Å². The van der Waals surface area contributed by atoms with Crippen LogP contribution in [0.25, 0.3) is 5.76 Å². The molecule has 0 aromatic heterocycles. The maximum absolute atomic E-state index is 13.7. The fourth-order valence-corrected chi connectivity index (χ4v) is 3.95. The van der Waals surface area contributed by atoms with Crippen molar-refractivity contribution in [2.75, 3.05) is 0 Å². The Bertz CT molecular complexity index is 1050. The average molecular weight is 455 g/mol. The van der Waals surface area contributed by atoms with E-state index in [1.54, 1.807) is 18.2 Å². The molecule has 0 spiro atoms. The van der Waals surface area contributed by atoms with Crippen LogP contribution in [0.15, 0.2) is 95.0 Å². The van der Waals surface area contributed by atoms with Gasteiger partial charge in [-0.1, -0.05) is 60.8 Å². The average Bonchev–Trinajstić information content (AvgIpc) is 3.06. The quantitative estimate of drug-likeness (QED) is 0.378. The highest BCUT2D eigenvalue weighted by molar-refractivity contribution is 7.82. The number of rotatable bonds is 5. The van der Waals surface area contributed by atoms with Crippen molar-refractivity contribution in [2.24, 2.45) is 0 Å². The van der Waals surface area contributed by atoms with E-state index in [4.69, 9.17) is 9.29 Å².